The molecule has 0 amide bonds. The summed E-state index contributed by atoms with van der Waals surface area (Å²) in [5, 5.41) is 0.481. The van der Waals surface area contributed by atoms with Crippen LogP contribution in [0, 0.1) is 0 Å². The number of ketones is 2. The van der Waals surface area contributed by atoms with Gasteiger partial charge in [0.2, 0.25) is 0 Å². The predicted molar refractivity (Wildman–Crippen MR) is 110 cm³/mol. The maximum Gasteiger partial charge on any atom is 0.416 e. The van der Waals surface area contributed by atoms with Crippen LogP contribution in [0.1, 0.15) is 64.7 Å². The van der Waals surface area contributed by atoms with Crippen LogP contribution in [0.15, 0.2) is 36.4 Å². The number of halogens is 4. The van der Waals surface area contributed by atoms with Crippen molar-refractivity contribution < 1.29 is 22.8 Å². The van der Waals surface area contributed by atoms with Crippen molar-refractivity contribution in [3.8, 4) is 0 Å². The van der Waals surface area contributed by atoms with Gasteiger partial charge >= 0.3 is 6.18 Å². The molecule has 7 heteroatoms. The average molecular weight is 438 g/mol. The summed E-state index contributed by atoms with van der Waals surface area (Å²) in [6.07, 6.45) is -3.05. The highest BCUT2D eigenvalue weighted by Gasteiger charge is 2.33. The number of hydrogen-bond acceptors (Lipinski definition) is 3. The molecule has 1 aliphatic rings. The first kappa shape index (κ1) is 22.5. The van der Waals surface area contributed by atoms with E-state index < -0.39 is 17.8 Å². The van der Waals surface area contributed by atoms with E-state index in [1.807, 2.05) is 0 Å². The molecule has 2 aromatic carbocycles. The number of carbonyl (C=O) groups excluding carboxylic acids is 2. The van der Waals surface area contributed by atoms with Crippen molar-refractivity contribution in [1.29, 1.82) is 0 Å². The van der Waals surface area contributed by atoms with E-state index >= 15 is 0 Å². The van der Waals surface area contributed by atoms with Gasteiger partial charge in [0.15, 0.2) is 5.78 Å². The number of fused-ring (bicyclic) bond motifs is 1. The van der Waals surface area contributed by atoms with Gasteiger partial charge in [0, 0.05) is 23.4 Å². The Labute approximate surface area is 178 Å². The lowest BCUT2D eigenvalue weighted by Crippen LogP contribution is -2.30. The molecule has 0 saturated heterocycles. The van der Waals surface area contributed by atoms with E-state index in [0.29, 0.717) is 28.1 Å². The second-order valence-electron chi connectivity index (χ2n) is 7.67. The fourth-order valence-electron chi connectivity index (χ4n) is 4.03. The smallest absolute Gasteiger partial charge is 0.321 e. The van der Waals surface area contributed by atoms with E-state index in [1.54, 1.807) is 25.1 Å². The molecule has 2 unspecified atom stereocenters. The number of carbonyl (C=O) groups is 2. The fourth-order valence-corrected chi connectivity index (χ4v) is 4.28. The van der Waals surface area contributed by atoms with E-state index in [-0.39, 0.29) is 43.2 Å². The molecular weight excluding hydrogens is 415 g/mol. The first-order valence-corrected chi connectivity index (χ1v) is 10.3. The minimum atomic E-state index is -4.48. The molecule has 2 atom stereocenters. The molecule has 0 aliphatic heterocycles. The molecule has 0 bridgehead atoms. The topological polar surface area (TPSA) is 60.2 Å². The largest absolute Gasteiger partial charge is 0.416 e. The van der Waals surface area contributed by atoms with Crippen LogP contribution in [-0.2, 0) is 23.8 Å². The monoisotopic (exact) mass is 437 g/mol. The number of benzene rings is 2. The molecule has 3 rings (SSSR count). The van der Waals surface area contributed by atoms with E-state index in [2.05, 4.69) is 0 Å². The van der Waals surface area contributed by atoms with Crippen LogP contribution in [0.3, 0.4) is 0 Å². The lowest BCUT2D eigenvalue weighted by Gasteiger charge is -2.27. The predicted octanol–water partition coefficient (Wildman–Crippen LogP) is 5.51. The van der Waals surface area contributed by atoms with Crippen molar-refractivity contribution in [1.82, 2.24) is 0 Å². The Morgan fingerprint density at radius 1 is 1.23 bits per heavy atom. The van der Waals surface area contributed by atoms with Gasteiger partial charge in [-0.05, 0) is 60.1 Å². The zero-order chi connectivity index (χ0) is 22.1. The summed E-state index contributed by atoms with van der Waals surface area (Å²) in [6, 6.07) is 8.04. The Bertz CT molecular complexity index is 971. The Kier molecular flexibility index (Phi) is 6.68. The van der Waals surface area contributed by atoms with Gasteiger partial charge in [-0.1, -0.05) is 36.7 Å². The molecular formula is C23H23ClF3NO2. The molecule has 2 N–H and O–H groups in total. The van der Waals surface area contributed by atoms with Crippen molar-refractivity contribution in [2.75, 3.05) is 0 Å². The maximum atomic E-state index is 13.3. The van der Waals surface area contributed by atoms with Crippen molar-refractivity contribution in [2.24, 2.45) is 5.73 Å². The van der Waals surface area contributed by atoms with Crippen LogP contribution in [-0.4, -0.2) is 17.6 Å². The van der Waals surface area contributed by atoms with Gasteiger partial charge in [-0.15, -0.1) is 0 Å². The molecule has 3 nitrogen and oxygen atoms in total. The summed E-state index contributed by atoms with van der Waals surface area (Å²) in [5.74, 6) is -0.482. The molecule has 0 spiro atoms. The van der Waals surface area contributed by atoms with Gasteiger partial charge in [-0.3, -0.25) is 9.59 Å². The molecule has 0 fully saturated rings. The second-order valence-corrected chi connectivity index (χ2v) is 8.08. The average Bonchev–Trinajstić information content (AvgIpc) is 2.71. The van der Waals surface area contributed by atoms with E-state index in [1.165, 1.54) is 6.07 Å². The van der Waals surface area contributed by atoms with Crippen LogP contribution in [0.2, 0.25) is 5.02 Å². The normalized spacial score (nSPS) is 17.5. The van der Waals surface area contributed by atoms with Gasteiger partial charge in [0.1, 0.15) is 5.78 Å². The van der Waals surface area contributed by atoms with E-state index in [9.17, 15) is 22.8 Å². The third kappa shape index (κ3) is 4.76. The van der Waals surface area contributed by atoms with Crippen LogP contribution in [0.4, 0.5) is 13.2 Å². The molecule has 160 valence electrons. The third-order valence-corrected chi connectivity index (χ3v) is 6.05. The maximum absolute atomic E-state index is 13.3. The highest BCUT2D eigenvalue weighted by molar-refractivity contribution is 6.32. The van der Waals surface area contributed by atoms with Crippen LogP contribution >= 0.6 is 11.6 Å². The lowest BCUT2D eigenvalue weighted by molar-refractivity contribution is -0.137. The van der Waals surface area contributed by atoms with Gasteiger partial charge < -0.3 is 5.73 Å². The molecule has 0 heterocycles. The zero-order valence-electron chi connectivity index (χ0n) is 16.6. The molecule has 1 aliphatic carbocycles. The number of alkyl halides is 3. The van der Waals surface area contributed by atoms with Crippen molar-refractivity contribution in [3.05, 3.63) is 69.2 Å². The molecule has 0 aromatic heterocycles. The Balaban J connectivity index is 1.96. The van der Waals surface area contributed by atoms with Gasteiger partial charge in [-0.2, -0.15) is 13.2 Å². The first-order chi connectivity index (χ1) is 14.1. The summed E-state index contributed by atoms with van der Waals surface area (Å²) >= 11 is 6.28. The summed E-state index contributed by atoms with van der Waals surface area (Å²) < 4.78 is 39.9. The molecule has 0 saturated carbocycles. The molecule has 30 heavy (non-hydrogen) atoms. The number of rotatable bonds is 6. The van der Waals surface area contributed by atoms with Gasteiger partial charge in [-0.25, -0.2) is 0 Å². The Morgan fingerprint density at radius 2 is 1.97 bits per heavy atom. The van der Waals surface area contributed by atoms with Crippen molar-refractivity contribution in [2.45, 2.75) is 57.2 Å². The Hall–Kier alpha value is -2.18. The van der Waals surface area contributed by atoms with Crippen molar-refractivity contribution >= 4 is 23.2 Å². The standard InChI is InChI=1S/C23H23ClF3NO2/c1-2-21(29)20(28)9-6-13-10-15(23(25,26)27)7-8-16(13)14-11-18-17(22(30)12-14)4-3-5-19(18)24/h3-5,7-8,10,14,20H,2,6,9,11-12,28H2,1H3. The summed E-state index contributed by atoms with van der Waals surface area (Å²) in [4.78, 5) is 24.4. The fraction of sp³-hybridized carbons (Fsp3) is 0.391. The van der Waals surface area contributed by atoms with Gasteiger partial charge in [0.25, 0.3) is 0 Å². The van der Waals surface area contributed by atoms with Crippen molar-refractivity contribution in [3.63, 3.8) is 0 Å². The SMILES string of the molecule is CCC(=O)C(N)CCc1cc(C(F)(F)F)ccc1C1CC(=O)c2cccc(Cl)c2C1. The summed E-state index contributed by atoms with van der Waals surface area (Å²) in [6.45, 7) is 1.70. The van der Waals surface area contributed by atoms with E-state index in [4.69, 9.17) is 17.3 Å². The van der Waals surface area contributed by atoms with Gasteiger partial charge in [0.05, 0.1) is 11.6 Å². The first-order valence-electron chi connectivity index (χ1n) is 9.90. The minimum Gasteiger partial charge on any atom is -0.321 e. The number of nitrogens with two attached hydrogens (primary N) is 1. The minimum absolute atomic E-state index is 0.0764. The number of hydrogen-bond donors (Lipinski definition) is 1. The lowest BCUT2D eigenvalue weighted by atomic mass is 9.77. The highest BCUT2D eigenvalue weighted by Crippen LogP contribution is 2.39. The summed E-state index contributed by atoms with van der Waals surface area (Å²) in [5.41, 5.74) is 7.58. The third-order valence-electron chi connectivity index (χ3n) is 5.70. The molecule has 0 radical (unpaired) electrons. The molecule has 2 aromatic rings. The van der Waals surface area contributed by atoms with Crippen LogP contribution in [0.5, 0.6) is 0 Å². The highest BCUT2D eigenvalue weighted by atomic mass is 35.5. The zero-order valence-corrected chi connectivity index (χ0v) is 17.3. The van der Waals surface area contributed by atoms with Crippen LogP contribution < -0.4 is 5.73 Å². The summed E-state index contributed by atoms with van der Waals surface area (Å²) in [7, 11) is 0. The Morgan fingerprint density at radius 3 is 2.63 bits per heavy atom. The second kappa shape index (κ2) is 8.90. The van der Waals surface area contributed by atoms with Crippen LogP contribution in [0.25, 0.3) is 0 Å². The van der Waals surface area contributed by atoms with E-state index in [0.717, 1.165) is 17.7 Å². The number of aryl methyl sites for hydroxylation is 1. The quantitative estimate of drug-likeness (QED) is 0.648. The number of Topliss-reactive ketones (excluding diaryl/α,β-unsaturated/α-hetero) is 2.